The van der Waals surface area contributed by atoms with Crippen molar-refractivity contribution in [1.29, 1.82) is 0 Å². The summed E-state index contributed by atoms with van der Waals surface area (Å²) in [4.78, 5) is 36.6. The molecule has 0 aliphatic carbocycles. The third-order valence-corrected chi connectivity index (χ3v) is 5.46. The average Bonchev–Trinajstić information content (AvgIpc) is 2.76. The predicted octanol–water partition coefficient (Wildman–Crippen LogP) is 3.66. The molecule has 3 rings (SSSR count). The van der Waals surface area contributed by atoms with E-state index in [0.29, 0.717) is 24.7 Å². The van der Waals surface area contributed by atoms with Gasteiger partial charge in [0.05, 0.1) is 34.8 Å². The second-order valence-electron chi connectivity index (χ2n) is 7.27. The molecule has 1 atom stereocenters. The number of ether oxygens (including phenoxy) is 3. The van der Waals surface area contributed by atoms with E-state index < -0.39 is 16.9 Å². The predicted molar refractivity (Wildman–Crippen MR) is 118 cm³/mol. The first-order valence-corrected chi connectivity index (χ1v) is 11.1. The van der Waals surface area contributed by atoms with Crippen LogP contribution in [-0.2, 0) is 14.3 Å². The van der Waals surface area contributed by atoms with Gasteiger partial charge in [-0.15, -0.1) is 11.8 Å². The lowest BCUT2D eigenvalue weighted by atomic mass is 10.0. The van der Waals surface area contributed by atoms with E-state index in [4.69, 9.17) is 14.2 Å². The third kappa shape index (κ3) is 6.36. The lowest BCUT2D eigenvalue weighted by molar-refractivity contribution is -0.385. The number of hydrogen-bond donors (Lipinski definition) is 1. The van der Waals surface area contributed by atoms with Crippen molar-refractivity contribution in [2.45, 2.75) is 37.3 Å². The Balaban J connectivity index is 1.70. The summed E-state index contributed by atoms with van der Waals surface area (Å²) in [5.74, 6) is 0.407. The van der Waals surface area contributed by atoms with Gasteiger partial charge in [0.15, 0.2) is 11.5 Å². The summed E-state index contributed by atoms with van der Waals surface area (Å²) in [7, 11) is 0. The van der Waals surface area contributed by atoms with Crippen LogP contribution in [0.3, 0.4) is 0 Å². The van der Waals surface area contributed by atoms with Crippen molar-refractivity contribution in [2.75, 3.05) is 19.0 Å². The SMILES string of the molecule is CC(C)OC(=O)CC(NC(=O)CSc1ccc2c(c1)OCCO2)c1ccccc1[N+](=O)[O-]. The molecule has 9 nitrogen and oxygen atoms in total. The molecule has 2 aromatic carbocycles. The van der Waals surface area contributed by atoms with Crippen molar-refractivity contribution in [3.05, 3.63) is 58.1 Å². The number of nitrogens with zero attached hydrogens (tertiary/aromatic N) is 1. The highest BCUT2D eigenvalue weighted by Crippen LogP contribution is 2.34. The van der Waals surface area contributed by atoms with Crippen LogP contribution in [0.5, 0.6) is 11.5 Å². The number of carbonyl (C=O) groups excluding carboxylic acids is 2. The second kappa shape index (κ2) is 10.9. The van der Waals surface area contributed by atoms with E-state index in [0.717, 1.165) is 4.90 Å². The highest BCUT2D eigenvalue weighted by Gasteiger charge is 2.26. The molecule has 0 aromatic heterocycles. The van der Waals surface area contributed by atoms with Crippen molar-refractivity contribution in [3.8, 4) is 11.5 Å². The van der Waals surface area contributed by atoms with Gasteiger partial charge in [0, 0.05) is 11.0 Å². The largest absolute Gasteiger partial charge is 0.486 e. The molecule has 0 fully saturated rings. The summed E-state index contributed by atoms with van der Waals surface area (Å²) >= 11 is 1.28. The molecule has 10 heteroatoms. The molecule has 1 N–H and O–H groups in total. The van der Waals surface area contributed by atoms with Crippen molar-refractivity contribution in [3.63, 3.8) is 0 Å². The Kier molecular flexibility index (Phi) is 7.93. The van der Waals surface area contributed by atoms with Gasteiger partial charge in [-0.2, -0.15) is 0 Å². The van der Waals surface area contributed by atoms with Crippen LogP contribution in [-0.4, -0.2) is 41.9 Å². The first kappa shape index (κ1) is 23.4. The Morgan fingerprint density at radius 2 is 1.88 bits per heavy atom. The fourth-order valence-corrected chi connectivity index (χ4v) is 3.90. The first-order chi connectivity index (χ1) is 15.3. The molecule has 0 spiro atoms. The van der Waals surface area contributed by atoms with Crippen LogP contribution in [0.4, 0.5) is 5.69 Å². The molecular weight excluding hydrogens is 436 g/mol. The number of fused-ring (bicyclic) bond motifs is 1. The molecule has 170 valence electrons. The third-order valence-electron chi connectivity index (χ3n) is 4.47. The zero-order valence-electron chi connectivity index (χ0n) is 17.7. The molecule has 2 aromatic rings. The number of thioether (sulfide) groups is 1. The smallest absolute Gasteiger partial charge is 0.308 e. The molecular formula is C22H24N2O7S. The molecule has 0 saturated heterocycles. The van der Waals surface area contributed by atoms with Crippen LogP contribution in [0.2, 0.25) is 0 Å². The Morgan fingerprint density at radius 1 is 1.16 bits per heavy atom. The van der Waals surface area contributed by atoms with Gasteiger partial charge < -0.3 is 19.5 Å². The van der Waals surface area contributed by atoms with Crippen LogP contribution in [0.1, 0.15) is 31.9 Å². The van der Waals surface area contributed by atoms with Gasteiger partial charge in [0.2, 0.25) is 5.91 Å². The average molecular weight is 461 g/mol. The maximum absolute atomic E-state index is 12.7. The van der Waals surface area contributed by atoms with Crippen LogP contribution >= 0.6 is 11.8 Å². The van der Waals surface area contributed by atoms with Gasteiger partial charge in [-0.1, -0.05) is 18.2 Å². The maximum atomic E-state index is 12.7. The van der Waals surface area contributed by atoms with Gasteiger partial charge in [-0.3, -0.25) is 19.7 Å². The number of nitrogens with one attached hydrogen (secondary N) is 1. The lowest BCUT2D eigenvalue weighted by Gasteiger charge is -2.20. The Bertz CT molecular complexity index is 996. The molecule has 1 aliphatic heterocycles. The minimum atomic E-state index is -0.892. The normalized spacial score (nSPS) is 13.3. The van der Waals surface area contributed by atoms with Gasteiger partial charge in [0.25, 0.3) is 5.69 Å². The van der Waals surface area contributed by atoms with E-state index in [9.17, 15) is 19.7 Å². The first-order valence-electron chi connectivity index (χ1n) is 10.1. The number of para-hydroxylation sites is 1. The fourth-order valence-electron chi connectivity index (χ4n) is 3.16. The molecule has 1 aliphatic rings. The maximum Gasteiger partial charge on any atom is 0.308 e. The quantitative estimate of drug-likeness (QED) is 0.261. The summed E-state index contributed by atoms with van der Waals surface area (Å²) in [6, 6.07) is 10.5. The van der Waals surface area contributed by atoms with Crippen LogP contribution in [0.25, 0.3) is 0 Å². The van der Waals surface area contributed by atoms with E-state index in [-0.39, 0.29) is 35.4 Å². The van der Waals surface area contributed by atoms with E-state index in [1.807, 2.05) is 6.07 Å². The van der Waals surface area contributed by atoms with Crippen molar-refractivity contribution in [2.24, 2.45) is 0 Å². The van der Waals surface area contributed by atoms with Gasteiger partial charge in [-0.25, -0.2) is 0 Å². The highest BCUT2D eigenvalue weighted by atomic mass is 32.2. The summed E-state index contributed by atoms with van der Waals surface area (Å²) in [5.41, 5.74) is 0.0746. The van der Waals surface area contributed by atoms with Crippen molar-refractivity contribution in [1.82, 2.24) is 5.32 Å². The molecule has 0 bridgehead atoms. The Morgan fingerprint density at radius 3 is 2.59 bits per heavy atom. The number of esters is 1. The number of amides is 1. The highest BCUT2D eigenvalue weighted by molar-refractivity contribution is 8.00. The monoisotopic (exact) mass is 460 g/mol. The molecule has 1 unspecified atom stereocenters. The summed E-state index contributed by atoms with van der Waals surface area (Å²) < 4.78 is 16.2. The zero-order valence-corrected chi connectivity index (χ0v) is 18.6. The Hall–Kier alpha value is -3.27. The standard InChI is InChI=1S/C22H24N2O7S/c1-14(2)31-22(26)12-17(16-5-3-4-6-18(16)24(27)28)23-21(25)13-32-15-7-8-19-20(11-15)30-10-9-29-19/h3-8,11,14,17H,9-10,12-13H2,1-2H3,(H,23,25). The molecule has 1 heterocycles. The zero-order chi connectivity index (χ0) is 23.1. The second-order valence-corrected chi connectivity index (χ2v) is 8.32. The number of hydrogen-bond acceptors (Lipinski definition) is 8. The van der Waals surface area contributed by atoms with E-state index in [1.54, 1.807) is 32.0 Å². The number of benzene rings is 2. The van der Waals surface area contributed by atoms with Crippen LogP contribution < -0.4 is 14.8 Å². The van der Waals surface area contributed by atoms with E-state index in [1.165, 1.54) is 30.0 Å². The fraction of sp³-hybridized carbons (Fsp3) is 0.364. The molecule has 1 amide bonds. The summed E-state index contributed by atoms with van der Waals surface area (Å²) in [5, 5.41) is 14.2. The van der Waals surface area contributed by atoms with Crippen LogP contribution in [0.15, 0.2) is 47.4 Å². The van der Waals surface area contributed by atoms with Gasteiger partial charge in [-0.05, 0) is 32.0 Å². The van der Waals surface area contributed by atoms with Gasteiger partial charge in [0.1, 0.15) is 13.2 Å². The van der Waals surface area contributed by atoms with E-state index in [2.05, 4.69) is 5.32 Å². The molecule has 32 heavy (non-hydrogen) atoms. The van der Waals surface area contributed by atoms with Crippen LogP contribution in [0, 0.1) is 10.1 Å². The summed E-state index contributed by atoms with van der Waals surface area (Å²) in [6.07, 6.45) is -0.556. The minimum absolute atomic E-state index is 0.0516. The minimum Gasteiger partial charge on any atom is -0.486 e. The van der Waals surface area contributed by atoms with Crippen molar-refractivity contribution < 1.29 is 28.7 Å². The van der Waals surface area contributed by atoms with E-state index >= 15 is 0 Å². The molecule has 0 radical (unpaired) electrons. The van der Waals surface area contributed by atoms with Gasteiger partial charge >= 0.3 is 5.97 Å². The number of carbonyl (C=O) groups is 2. The number of rotatable bonds is 9. The van der Waals surface area contributed by atoms with Crippen molar-refractivity contribution >= 4 is 29.3 Å². The number of nitro benzene ring substituents is 1. The number of nitro groups is 1. The Labute approximate surface area is 189 Å². The lowest BCUT2D eigenvalue weighted by Crippen LogP contribution is -2.32. The summed E-state index contributed by atoms with van der Waals surface area (Å²) in [6.45, 7) is 4.38. The molecule has 0 saturated carbocycles. The topological polar surface area (TPSA) is 117 Å².